The number of ether oxygens (including phenoxy) is 1. The average Bonchev–Trinajstić information content (AvgIpc) is 2.66. The van der Waals surface area contributed by atoms with Crippen molar-refractivity contribution >= 4 is 33.2 Å². The van der Waals surface area contributed by atoms with E-state index in [1.54, 1.807) is 18.2 Å². The zero-order valence-electron chi connectivity index (χ0n) is 14.8. The molecule has 1 aliphatic heterocycles. The zero-order valence-corrected chi connectivity index (χ0v) is 17.2. The Morgan fingerprint density at radius 2 is 1.56 bits per heavy atom. The molecule has 0 saturated carbocycles. The van der Waals surface area contributed by atoms with Gasteiger partial charge in [-0.2, -0.15) is 4.31 Å². The molecule has 3 rings (SSSR count). The Morgan fingerprint density at radius 3 is 2.22 bits per heavy atom. The van der Waals surface area contributed by atoms with E-state index in [-0.39, 0.29) is 5.75 Å². The van der Waals surface area contributed by atoms with Crippen molar-refractivity contribution in [2.24, 2.45) is 0 Å². The van der Waals surface area contributed by atoms with Gasteiger partial charge in [0.15, 0.2) is 0 Å². The maximum absolute atomic E-state index is 12.7. The number of hydrogen-bond acceptors (Lipinski definition) is 4. The van der Waals surface area contributed by atoms with Gasteiger partial charge in [0.25, 0.3) is 0 Å². The molecular formula is C19H22Cl2N2O3S. The summed E-state index contributed by atoms with van der Waals surface area (Å²) in [5.74, 6) is -0.0162. The Hall–Kier alpha value is -1.15. The van der Waals surface area contributed by atoms with Crippen LogP contribution in [0.25, 0.3) is 0 Å². The summed E-state index contributed by atoms with van der Waals surface area (Å²) < 4.78 is 32.2. The molecule has 27 heavy (non-hydrogen) atoms. The number of hydrogen-bond donors (Lipinski definition) is 1. The molecule has 0 aliphatic carbocycles. The smallest absolute Gasteiger partial charge is 0.218 e. The number of rotatable bonds is 7. The van der Waals surface area contributed by atoms with E-state index in [1.807, 2.05) is 24.3 Å². The molecule has 2 aromatic rings. The molecule has 2 aromatic carbocycles. The summed E-state index contributed by atoms with van der Waals surface area (Å²) in [7, 11) is -3.37. The maximum Gasteiger partial charge on any atom is 0.218 e. The SMILES string of the molecule is O=S(=O)(Cc1ccccc1CNCc1c(Cl)cccc1Cl)N1CCOCC1. The molecule has 1 heterocycles. The Bertz CT molecular complexity index is 864. The van der Waals surface area contributed by atoms with Gasteiger partial charge >= 0.3 is 0 Å². The van der Waals surface area contributed by atoms with E-state index in [9.17, 15) is 8.42 Å². The fourth-order valence-electron chi connectivity index (χ4n) is 3.01. The van der Waals surface area contributed by atoms with Gasteiger partial charge in [0.2, 0.25) is 10.0 Å². The summed E-state index contributed by atoms with van der Waals surface area (Å²) in [5, 5.41) is 4.53. The zero-order chi connectivity index (χ0) is 19.3. The fourth-order valence-corrected chi connectivity index (χ4v) is 5.10. The minimum Gasteiger partial charge on any atom is -0.379 e. The van der Waals surface area contributed by atoms with Gasteiger partial charge in [-0.05, 0) is 23.3 Å². The summed E-state index contributed by atoms with van der Waals surface area (Å²) in [4.78, 5) is 0. The third kappa shape index (κ3) is 5.44. The molecule has 1 fully saturated rings. The predicted molar refractivity (Wildman–Crippen MR) is 108 cm³/mol. The molecule has 0 bridgehead atoms. The molecule has 146 valence electrons. The van der Waals surface area contributed by atoms with Crippen LogP contribution in [0.2, 0.25) is 10.0 Å². The van der Waals surface area contributed by atoms with Crippen molar-refractivity contribution in [2.45, 2.75) is 18.8 Å². The van der Waals surface area contributed by atoms with Crippen molar-refractivity contribution in [1.82, 2.24) is 9.62 Å². The van der Waals surface area contributed by atoms with Crippen LogP contribution in [0, 0.1) is 0 Å². The van der Waals surface area contributed by atoms with Crippen molar-refractivity contribution in [1.29, 1.82) is 0 Å². The van der Waals surface area contributed by atoms with Gasteiger partial charge in [-0.25, -0.2) is 8.42 Å². The van der Waals surface area contributed by atoms with Gasteiger partial charge in [-0.3, -0.25) is 0 Å². The highest BCUT2D eigenvalue weighted by Gasteiger charge is 2.25. The molecular weight excluding hydrogens is 407 g/mol. The summed E-state index contributed by atoms with van der Waals surface area (Å²) in [5.41, 5.74) is 2.57. The molecule has 0 amide bonds. The highest BCUT2D eigenvalue weighted by Crippen LogP contribution is 2.24. The van der Waals surface area contributed by atoms with Crippen molar-refractivity contribution in [3.05, 3.63) is 69.2 Å². The summed E-state index contributed by atoms with van der Waals surface area (Å²) in [6.07, 6.45) is 0. The van der Waals surface area contributed by atoms with Crippen LogP contribution in [0.4, 0.5) is 0 Å². The molecule has 0 spiro atoms. The van der Waals surface area contributed by atoms with Gasteiger partial charge in [-0.15, -0.1) is 0 Å². The first-order valence-electron chi connectivity index (χ1n) is 8.73. The lowest BCUT2D eigenvalue weighted by Crippen LogP contribution is -2.41. The lowest BCUT2D eigenvalue weighted by Gasteiger charge is -2.26. The number of benzene rings is 2. The van der Waals surface area contributed by atoms with Crippen LogP contribution in [-0.2, 0) is 33.6 Å². The minimum absolute atomic E-state index is 0.0162. The van der Waals surface area contributed by atoms with Crippen LogP contribution in [0.3, 0.4) is 0 Å². The number of nitrogens with zero attached hydrogens (tertiary/aromatic N) is 1. The third-order valence-corrected chi connectivity index (χ3v) is 7.03. The van der Waals surface area contributed by atoms with E-state index >= 15 is 0 Å². The Morgan fingerprint density at radius 1 is 0.926 bits per heavy atom. The van der Waals surface area contributed by atoms with E-state index in [0.29, 0.717) is 49.4 Å². The van der Waals surface area contributed by atoms with Crippen molar-refractivity contribution in [3.63, 3.8) is 0 Å². The van der Waals surface area contributed by atoms with E-state index in [1.165, 1.54) is 4.31 Å². The van der Waals surface area contributed by atoms with Gasteiger partial charge in [0.1, 0.15) is 0 Å². The summed E-state index contributed by atoms with van der Waals surface area (Å²) in [6.45, 7) is 2.74. The van der Waals surface area contributed by atoms with E-state index < -0.39 is 10.0 Å². The average molecular weight is 429 g/mol. The van der Waals surface area contributed by atoms with Crippen LogP contribution in [0.5, 0.6) is 0 Å². The quantitative estimate of drug-likeness (QED) is 0.733. The van der Waals surface area contributed by atoms with Crippen LogP contribution in [0.1, 0.15) is 16.7 Å². The first-order chi connectivity index (χ1) is 13.0. The molecule has 1 aliphatic rings. The topological polar surface area (TPSA) is 58.6 Å². The molecule has 0 aromatic heterocycles. The van der Waals surface area contributed by atoms with Crippen molar-refractivity contribution in [3.8, 4) is 0 Å². The molecule has 8 heteroatoms. The van der Waals surface area contributed by atoms with Crippen molar-refractivity contribution in [2.75, 3.05) is 26.3 Å². The molecule has 0 unspecified atom stereocenters. The van der Waals surface area contributed by atoms with Gasteiger partial charge in [0.05, 0.1) is 19.0 Å². The first kappa shape index (κ1) is 20.6. The van der Waals surface area contributed by atoms with Gasteiger partial charge < -0.3 is 10.1 Å². The predicted octanol–water partition coefficient (Wildman–Crippen LogP) is 3.45. The largest absolute Gasteiger partial charge is 0.379 e. The monoisotopic (exact) mass is 428 g/mol. The number of nitrogens with one attached hydrogen (secondary N) is 1. The number of halogens is 2. The Kier molecular flexibility index (Phi) is 7.14. The normalized spacial score (nSPS) is 15.8. The second-order valence-corrected chi connectivity index (χ2v) is 9.12. The lowest BCUT2D eigenvalue weighted by atomic mass is 10.1. The molecule has 0 radical (unpaired) electrons. The van der Waals surface area contributed by atoms with Gasteiger partial charge in [0, 0.05) is 41.8 Å². The Labute approximate surface area is 170 Å². The fraction of sp³-hybridized carbons (Fsp3) is 0.368. The number of morpholine rings is 1. The minimum atomic E-state index is -3.37. The highest BCUT2D eigenvalue weighted by atomic mass is 35.5. The van der Waals surface area contributed by atoms with Gasteiger partial charge in [-0.1, -0.05) is 53.5 Å². The maximum atomic E-state index is 12.7. The molecule has 1 N–H and O–H groups in total. The van der Waals surface area contributed by atoms with E-state index in [2.05, 4.69) is 5.32 Å². The third-order valence-electron chi connectivity index (χ3n) is 4.50. The second kappa shape index (κ2) is 9.37. The summed E-state index contributed by atoms with van der Waals surface area (Å²) >= 11 is 12.4. The highest BCUT2D eigenvalue weighted by molar-refractivity contribution is 7.88. The molecule has 1 saturated heterocycles. The first-order valence-corrected chi connectivity index (χ1v) is 11.1. The van der Waals surface area contributed by atoms with Crippen LogP contribution in [-0.4, -0.2) is 39.0 Å². The van der Waals surface area contributed by atoms with Crippen LogP contribution >= 0.6 is 23.2 Å². The van der Waals surface area contributed by atoms with E-state index in [0.717, 1.165) is 16.7 Å². The van der Waals surface area contributed by atoms with E-state index in [4.69, 9.17) is 27.9 Å². The standard InChI is InChI=1S/C19H22Cl2N2O3S/c20-18-6-3-7-19(21)17(18)13-22-12-15-4-1-2-5-16(15)14-27(24,25)23-8-10-26-11-9-23/h1-7,22H,8-14H2. The molecule has 0 atom stereocenters. The number of sulfonamides is 1. The Balaban J connectivity index is 1.67. The lowest BCUT2D eigenvalue weighted by molar-refractivity contribution is 0.0729. The van der Waals surface area contributed by atoms with Crippen molar-refractivity contribution < 1.29 is 13.2 Å². The van der Waals surface area contributed by atoms with Crippen LogP contribution in [0.15, 0.2) is 42.5 Å². The second-order valence-electron chi connectivity index (χ2n) is 6.34. The van der Waals surface area contributed by atoms with Crippen LogP contribution < -0.4 is 5.32 Å². The molecule has 5 nitrogen and oxygen atoms in total. The summed E-state index contributed by atoms with van der Waals surface area (Å²) in [6, 6.07) is 13.0.